The second-order valence-electron chi connectivity index (χ2n) is 7.45. The van der Waals surface area contributed by atoms with E-state index in [1.165, 1.54) is 38.6 Å². The topological polar surface area (TPSA) is 29.3 Å². The quantitative estimate of drug-likeness (QED) is 0.759. The molecule has 1 saturated carbocycles. The lowest BCUT2D eigenvalue weighted by Crippen LogP contribution is -2.57. The smallest absolute Gasteiger partial charge is 0.0334 e. The van der Waals surface area contributed by atoms with Gasteiger partial charge in [-0.25, -0.2) is 0 Å². The molecule has 1 rings (SSSR count). The summed E-state index contributed by atoms with van der Waals surface area (Å²) >= 11 is 0. The number of hydrogen-bond acceptors (Lipinski definition) is 2. The third kappa shape index (κ3) is 4.75. The molecule has 1 aliphatic rings. The Labute approximate surface area is 121 Å². The normalized spacial score (nSPS) is 28.6. The molecule has 0 bridgehead atoms. The van der Waals surface area contributed by atoms with Crippen LogP contribution in [0.5, 0.6) is 0 Å². The van der Waals surface area contributed by atoms with E-state index in [-0.39, 0.29) is 5.54 Å². The van der Waals surface area contributed by atoms with E-state index >= 15 is 0 Å². The highest BCUT2D eigenvalue weighted by atomic mass is 15.2. The highest BCUT2D eigenvalue weighted by molar-refractivity contribution is 4.96. The van der Waals surface area contributed by atoms with E-state index in [4.69, 9.17) is 5.73 Å². The van der Waals surface area contributed by atoms with Crippen molar-refractivity contribution in [1.29, 1.82) is 0 Å². The van der Waals surface area contributed by atoms with Gasteiger partial charge >= 0.3 is 0 Å². The maximum absolute atomic E-state index is 6.24. The first-order valence-corrected chi connectivity index (χ1v) is 8.38. The Balaban J connectivity index is 2.76. The van der Waals surface area contributed by atoms with Crippen LogP contribution in [0.3, 0.4) is 0 Å². The monoisotopic (exact) mass is 268 g/mol. The molecule has 1 fully saturated rings. The van der Waals surface area contributed by atoms with Crippen LogP contribution in [0.25, 0.3) is 0 Å². The molecule has 0 radical (unpaired) electrons. The predicted molar refractivity (Wildman–Crippen MR) is 85.3 cm³/mol. The summed E-state index contributed by atoms with van der Waals surface area (Å²) in [5.74, 6) is 2.44. The van der Waals surface area contributed by atoms with Gasteiger partial charge in [-0.2, -0.15) is 0 Å². The zero-order valence-electron chi connectivity index (χ0n) is 13.9. The Bertz CT molecular complexity index is 250. The Morgan fingerprint density at radius 2 is 1.89 bits per heavy atom. The Hall–Kier alpha value is -0.0800. The first-order chi connectivity index (χ1) is 8.93. The highest BCUT2D eigenvalue weighted by Crippen LogP contribution is 2.39. The summed E-state index contributed by atoms with van der Waals surface area (Å²) in [4.78, 5) is 2.68. The van der Waals surface area contributed by atoms with E-state index in [1.807, 2.05) is 0 Å². The number of likely N-dealkylation sites (N-methyl/N-ethyl adjacent to an activating group) is 1. The minimum absolute atomic E-state index is 0.289. The van der Waals surface area contributed by atoms with Crippen molar-refractivity contribution in [3.05, 3.63) is 0 Å². The van der Waals surface area contributed by atoms with Crippen molar-refractivity contribution in [2.75, 3.05) is 19.6 Å². The van der Waals surface area contributed by atoms with Gasteiger partial charge in [-0.3, -0.25) is 4.90 Å². The molecule has 0 heterocycles. The highest BCUT2D eigenvalue weighted by Gasteiger charge is 2.39. The van der Waals surface area contributed by atoms with Crippen molar-refractivity contribution in [2.24, 2.45) is 23.5 Å². The fraction of sp³-hybridized carbons (Fsp3) is 1.00. The molecule has 2 heteroatoms. The molecule has 0 spiro atoms. The summed E-state index contributed by atoms with van der Waals surface area (Å²) in [5.41, 5.74) is 6.53. The van der Waals surface area contributed by atoms with Gasteiger partial charge in [0.2, 0.25) is 0 Å². The Morgan fingerprint density at radius 3 is 2.37 bits per heavy atom. The molecule has 1 aliphatic carbocycles. The lowest BCUT2D eigenvalue weighted by atomic mass is 9.72. The average molecular weight is 268 g/mol. The summed E-state index contributed by atoms with van der Waals surface area (Å²) < 4.78 is 0. The summed E-state index contributed by atoms with van der Waals surface area (Å²) in [6.45, 7) is 14.8. The third-order valence-electron chi connectivity index (χ3n) is 4.75. The van der Waals surface area contributed by atoms with Crippen molar-refractivity contribution < 1.29 is 0 Å². The Morgan fingerprint density at radius 1 is 1.21 bits per heavy atom. The number of hydrogen-bond donors (Lipinski definition) is 1. The van der Waals surface area contributed by atoms with Crippen molar-refractivity contribution >= 4 is 0 Å². The van der Waals surface area contributed by atoms with Gasteiger partial charge in [0.25, 0.3) is 0 Å². The van der Waals surface area contributed by atoms with Gasteiger partial charge in [-0.1, -0.05) is 47.5 Å². The molecule has 0 aromatic carbocycles. The van der Waals surface area contributed by atoms with Crippen molar-refractivity contribution in [2.45, 2.75) is 72.3 Å². The van der Waals surface area contributed by atoms with Crippen LogP contribution in [0.2, 0.25) is 0 Å². The second-order valence-corrected chi connectivity index (χ2v) is 7.45. The lowest BCUT2D eigenvalue weighted by molar-refractivity contribution is 0.0268. The molecule has 2 atom stereocenters. The molecule has 0 aromatic heterocycles. The molecule has 2 unspecified atom stereocenters. The van der Waals surface area contributed by atoms with Crippen molar-refractivity contribution in [3.8, 4) is 0 Å². The van der Waals surface area contributed by atoms with Crippen LogP contribution < -0.4 is 5.73 Å². The van der Waals surface area contributed by atoms with E-state index in [9.17, 15) is 0 Å². The van der Waals surface area contributed by atoms with Gasteiger partial charge in [-0.15, -0.1) is 0 Å². The summed E-state index contributed by atoms with van der Waals surface area (Å²) in [6, 6.07) is 0. The van der Waals surface area contributed by atoms with Crippen LogP contribution in [-0.2, 0) is 0 Å². The lowest BCUT2D eigenvalue weighted by Gasteiger charge is -2.49. The van der Waals surface area contributed by atoms with Crippen LogP contribution in [-0.4, -0.2) is 30.1 Å². The van der Waals surface area contributed by atoms with Gasteiger partial charge in [0, 0.05) is 18.6 Å². The number of nitrogens with zero attached hydrogens (tertiary/aromatic N) is 1. The summed E-state index contributed by atoms with van der Waals surface area (Å²) in [7, 11) is 0. The summed E-state index contributed by atoms with van der Waals surface area (Å²) in [6.07, 6.45) is 6.78. The van der Waals surface area contributed by atoms with Crippen LogP contribution in [0.15, 0.2) is 0 Å². The maximum atomic E-state index is 6.24. The number of nitrogens with two attached hydrogens (primary N) is 1. The first-order valence-electron chi connectivity index (χ1n) is 8.38. The zero-order chi connectivity index (χ0) is 14.5. The van der Waals surface area contributed by atoms with Gasteiger partial charge in [0.15, 0.2) is 0 Å². The zero-order valence-corrected chi connectivity index (χ0v) is 13.9. The molecule has 0 aliphatic heterocycles. The van der Waals surface area contributed by atoms with Gasteiger partial charge < -0.3 is 5.73 Å². The minimum atomic E-state index is 0.289. The fourth-order valence-electron chi connectivity index (χ4n) is 4.03. The maximum Gasteiger partial charge on any atom is 0.0334 e. The van der Waals surface area contributed by atoms with Gasteiger partial charge in [0.1, 0.15) is 0 Å². The molecule has 0 saturated heterocycles. The first kappa shape index (κ1) is 17.0. The fourth-order valence-corrected chi connectivity index (χ4v) is 4.03. The minimum Gasteiger partial charge on any atom is -0.329 e. The van der Waals surface area contributed by atoms with Crippen LogP contribution in [0.4, 0.5) is 0 Å². The molecule has 19 heavy (non-hydrogen) atoms. The van der Waals surface area contributed by atoms with Crippen LogP contribution in [0.1, 0.15) is 66.7 Å². The molecule has 0 aromatic rings. The standard InChI is InChI=1S/C17H36N2/c1-6-19(12-15(4)5)17(13-18)9-7-8-16(11-17)10-14(2)3/h14-16H,6-13,18H2,1-5H3. The SMILES string of the molecule is CCN(CC(C)C)C1(CN)CCCC(CC(C)C)C1. The van der Waals surface area contributed by atoms with Gasteiger partial charge in [0.05, 0.1) is 0 Å². The second kappa shape index (κ2) is 7.64. The number of rotatable bonds is 7. The predicted octanol–water partition coefficient (Wildman–Crippen LogP) is 3.90. The van der Waals surface area contributed by atoms with E-state index in [0.29, 0.717) is 0 Å². The third-order valence-corrected chi connectivity index (χ3v) is 4.75. The van der Waals surface area contributed by atoms with E-state index in [2.05, 4.69) is 39.5 Å². The molecule has 114 valence electrons. The molecule has 0 amide bonds. The van der Waals surface area contributed by atoms with E-state index in [1.54, 1.807) is 0 Å². The molecular formula is C17H36N2. The van der Waals surface area contributed by atoms with Gasteiger partial charge in [-0.05, 0) is 43.6 Å². The summed E-state index contributed by atoms with van der Waals surface area (Å²) in [5, 5.41) is 0. The largest absolute Gasteiger partial charge is 0.329 e. The van der Waals surface area contributed by atoms with Crippen molar-refractivity contribution in [1.82, 2.24) is 4.90 Å². The van der Waals surface area contributed by atoms with E-state index < -0.39 is 0 Å². The average Bonchev–Trinajstić information content (AvgIpc) is 2.35. The Kier molecular flexibility index (Phi) is 6.82. The van der Waals surface area contributed by atoms with E-state index in [0.717, 1.165) is 30.8 Å². The molecule has 2 N–H and O–H groups in total. The molecule has 2 nitrogen and oxygen atoms in total. The van der Waals surface area contributed by atoms with Crippen molar-refractivity contribution in [3.63, 3.8) is 0 Å². The molecular weight excluding hydrogens is 232 g/mol. The van der Waals surface area contributed by atoms with Crippen LogP contribution >= 0.6 is 0 Å². The van der Waals surface area contributed by atoms with Crippen LogP contribution in [0, 0.1) is 17.8 Å².